The van der Waals surface area contributed by atoms with Gasteiger partial charge in [0.15, 0.2) is 0 Å². The molecule has 3 N–H and O–H groups in total. The quantitative estimate of drug-likeness (QED) is 0.813. The van der Waals surface area contributed by atoms with Crippen molar-refractivity contribution in [1.82, 2.24) is 0 Å². The van der Waals surface area contributed by atoms with E-state index in [9.17, 15) is 13.2 Å². The van der Waals surface area contributed by atoms with Gasteiger partial charge in [-0.1, -0.05) is 17.7 Å². The smallest absolute Gasteiger partial charge is 0.404 e. The van der Waals surface area contributed by atoms with Crippen LogP contribution in [0.1, 0.15) is 5.56 Å². The van der Waals surface area contributed by atoms with Gasteiger partial charge < -0.3 is 15.6 Å². The van der Waals surface area contributed by atoms with Crippen LogP contribution in [0.3, 0.4) is 0 Å². The Hall–Kier alpha value is -0.980. The second-order valence-corrected chi connectivity index (χ2v) is 3.49. The first-order valence-electron chi connectivity index (χ1n) is 4.26. The van der Waals surface area contributed by atoms with Crippen molar-refractivity contribution in [2.24, 2.45) is 5.73 Å². The molecule has 0 fully saturated rings. The first-order valence-corrected chi connectivity index (χ1v) is 4.63. The maximum atomic E-state index is 11.9. The lowest BCUT2D eigenvalue weighted by atomic mass is 10.1. The van der Waals surface area contributed by atoms with Crippen molar-refractivity contribution in [3.05, 3.63) is 28.8 Å². The van der Waals surface area contributed by atoms with E-state index in [0.29, 0.717) is 5.56 Å². The highest BCUT2D eigenvalue weighted by Crippen LogP contribution is 2.30. The lowest BCUT2D eigenvalue weighted by Crippen LogP contribution is -2.21. The standard InChI is InChI=1S/C9H9ClF3NO2/c10-6-3-5(4-8(14)15)1-2-7(6)16-9(11,12)13/h1-3,8,15H,4,14H2. The summed E-state index contributed by atoms with van der Waals surface area (Å²) in [5.74, 6) is -0.482. The molecule has 3 nitrogen and oxygen atoms in total. The maximum Gasteiger partial charge on any atom is 0.573 e. The van der Waals surface area contributed by atoms with Crippen molar-refractivity contribution >= 4 is 11.6 Å². The maximum absolute atomic E-state index is 11.9. The molecule has 0 radical (unpaired) electrons. The molecule has 16 heavy (non-hydrogen) atoms. The SMILES string of the molecule is NC(O)Cc1ccc(OC(F)(F)F)c(Cl)c1. The largest absolute Gasteiger partial charge is 0.573 e. The van der Waals surface area contributed by atoms with Gasteiger partial charge in [-0.05, 0) is 17.7 Å². The van der Waals surface area contributed by atoms with Crippen LogP contribution >= 0.6 is 11.6 Å². The Bertz CT molecular complexity index is 368. The van der Waals surface area contributed by atoms with Crippen LogP contribution in [-0.4, -0.2) is 17.7 Å². The Kier molecular flexibility index (Phi) is 4.01. The van der Waals surface area contributed by atoms with E-state index in [1.54, 1.807) is 0 Å². The third kappa shape index (κ3) is 4.26. The summed E-state index contributed by atoms with van der Waals surface area (Å²) in [6.07, 6.45) is -5.75. The topological polar surface area (TPSA) is 55.5 Å². The van der Waals surface area contributed by atoms with Crippen LogP contribution < -0.4 is 10.5 Å². The van der Waals surface area contributed by atoms with Crippen molar-refractivity contribution in [3.63, 3.8) is 0 Å². The van der Waals surface area contributed by atoms with E-state index < -0.39 is 18.3 Å². The molecule has 1 atom stereocenters. The fraction of sp³-hybridized carbons (Fsp3) is 0.333. The van der Waals surface area contributed by atoms with Crippen molar-refractivity contribution in [1.29, 1.82) is 0 Å². The molecule has 1 unspecified atom stereocenters. The number of nitrogens with two attached hydrogens (primary N) is 1. The Balaban J connectivity index is 2.83. The molecule has 0 bridgehead atoms. The summed E-state index contributed by atoms with van der Waals surface area (Å²) in [4.78, 5) is 0. The molecule has 0 aliphatic carbocycles. The van der Waals surface area contributed by atoms with Gasteiger partial charge in [0.25, 0.3) is 0 Å². The zero-order chi connectivity index (χ0) is 12.3. The molecule has 1 rings (SSSR count). The average molecular weight is 256 g/mol. The lowest BCUT2D eigenvalue weighted by Gasteiger charge is -2.11. The molecular weight excluding hydrogens is 247 g/mol. The Morgan fingerprint density at radius 2 is 2.06 bits per heavy atom. The van der Waals surface area contributed by atoms with E-state index in [-0.39, 0.29) is 11.4 Å². The van der Waals surface area contributed by atoms with Gasteiger partial charge in [-0.3, -0.25) is 0 Å². The fourth-order valence-corrected chi connectivity index (χ4v) is 1.36. The van der Waals surface area contributed by atoms with Crippen LogP contribution in [0.25, 0.3) is 0 Å². The number of hydrogen-bond acceptors (Lipinski definition) is 3. The second-order valence-electron chi connectivity index (χ2n) is 3.08. The van der Waals surface area contributed by atoms with Gasteiger partial charge in [0.2, 0.25) is 0 Å². The van der Waals surface area contributed by atoms with Gasteiger partial charge in [-0.15, -0.1) is 13.2 Å². The summed E-state index contributed by atoms with van der Waals surface area (Å²) >= 11 is 5.57. The third-order valence-electron chi connectivity index (χ3n) is 1.67. The highest BCUT2D eigenvalue weighted by molar-refractivity contribution is 6.32. The highest BCUT2D eigenvalue weighted by atomic mass is 35.5. The molecule has 0 saturated heterocycles. The normalized spacial score (nSPS) is 13.6. The zero-order valence-corrected chi connectivity index (χ0v) is 8.72. The third-order valence-corrected chi connectivity index (χ3v) is 1.96. The van der Waals surface area contributed by atoms with E-state index in [0.717, 1.165) is 6.07 Å². The van der Waals surface area contributed by atoms with Crippen LogP contribution in [0.15, 0.2) is 18.2 Å². The summed E-state index contributed by atoms with van der Waals surface area (Å²) in [6.45, 7) is 0. The van der Waals surface area contributed by atoms with Crippen molar-refractivity contribution in [3.8, 4) is 5.75 Å². The van der Waals surface area contributed by atoms with E-state index in [2.05, 4.69) is 4.74 Å². The number of aliphatic hydroxyl groups excluding tert-OH is 1. The molecule has 7 heteroatoms. The van der Waals surface area contributed by atoms with Crippen LogP contribution in [0.4, 0.5) is 13.2 Å². The first kappa shape index (κ1) is 13.1. The first-order chi connectivity index (χ1) is 7.28. The number of hydrogen-bond donors (Lipinski definition) is 2. The number of alkyl halides is 3. The van der Waals surface area contributed by atoms with Crippen LogP contribution in [-0.2, 0) is 6.42 Å². The molecule has 0 saturated carbocycles. The van der Waals surface area contributed by atoms with Crippen LogP contribution in [0, 0.1) is 0 Å². The van der Waals surface area contributed by atoms with Gasteiger partial charge >= 0.3 is 6.36 Å². The van der Waals surface area contributed by atoms with Crippen LogP contribution in [0.5, 0.6) is 5.75 Å². The van der Waals surface area contributed by atoms with Gasteiger partial charge in [-0.2, -0.15) is 0 Å². The summed E-state index contributed by atoms with van der Waals surface area (Å²) in [5.41, 5.74) is 5.64. The summed E-state index contributed by atoms with van der Waals surface area (Å²) in [5, 5.41) is 8.69. The Morgan fingerprint density at radius 1 is 1.44 bits per heavy atom. The number of aliphatic hydroxyl groups is 1. The highest BCUT2D eigenvalue weighted by Gasteiger charge is 2.32. The molecule has 90 valence electrons. The predicted molar refractivity (Wildman–Crippen MR) is 52.0 cm³/mol. The summed E-state index contributed by atoms with van der Waals surface area (Å²) in [7, 11) is 0. The van der Waals surface area contributed by atoms with Crippen LogP contribution in [0.2, 0.25) is 5.02 Å². The molecule has 0 aliphatic heterocycles. The van der Waals surface area contributed by atoms with Gasteiger partial charge in [0, 0.05) is 6.42 Å². The Labute approximate surface area is 94.6 Å². The molecule has 0 aliphatic rings. The van der Waals surface area contributed by atoms with E-state index >= 15 is 0 Å². The van der Waals surface area contributed by atoms with E-state index in [4.69, 9.17) is 22.4 Å². The monoisotopic (exact) mass is 255 g/mol. The minimum Gasteiger partial charge on any atom is -0.404 e. The molecule has 0 amide bonds. The number of rotatable bonds is 3. The molecule has 0 heterocycles. The predicted octanol–water partition coefficient (Wildman–Crippen LogP) is 2.06. The van der Waals surface area contributed by atoms with E-state index in [1.807, 2.05) is 0 Å². The van der Waals surface area contributed by atoms with E-state index in [1.165, 1.54) is 12.1 Å². The van der Waals surface area contributed by atoms with Crippen molar-refractivity contribution in [2.75, 3.05) is 0 Å². The summed E-state index contributed by atoms with van der Waals surface area (Å²) in [6, 6.07) is 3.69. The number of benzene rings is 1. The van der Waals surface area contributed by atoms with Crippen molar-refractivity contribution < 1.29 is 23.0 Å². The number of halogens is 4. The van der Waals surface area contributed by atoms with Crippen molar-refractivity contribution in [2.45, 2.75) is 19.0 Å². The molecular formula is C9H9ClF3NO2. The molecule has 0 aromatic heterocycles. The zero-order valence-electron chi connectivity index (χ0n) is 7.96. The second kappa shape index (κ2) is 4.90. The lowest BCUT2D eigenvalue weighted by molar-refractivity contribution is -0.274. The molecule has 1 aromatic carbocycles. The minimum absolute atomic E-state index is 0.103. The van der Waals surface area contributed by atoms with Gasteiger partial charge in [0.1, 0.15) is 12.0 Å². The minimum atomic E-state index is -4.78. The average Bonchev–Trinajstić information content (AvgIpc) is 2.06. The fourth-order valence-electron chi connectivity index (χ4n) is 1.12. The number of ether oxygens (including phenoxy) is 1. The Morgan fingerprint density at radius 3 is 2.50 bits per heavy atom. The summed E-state index contributed by atoms with van der Waals surface area (Å²) < 4.78 is 39.3. The van der Waals surface area contributed by atoms with Gasteiger partial charge in [0.05, 0.1) is 5.02 Å². The molecule has 1 aromatic rings. The molecule has 0 spiro atoms. The van der Waals surface area contributed by atoms with Gasteiger partial charge in [-0.25, -0.2) is 0 Å².